The Balaban J connectivity index is 2.52. The molecule has 1 heterocycles. The van der Waals surface area contributed by atoms with Gasteiger partial charge in [-0.15, -0.1) is 11.6 Å². The Morgan fingerprint density at radius 1 is 1.56 bits per heavy atom. The van der Waals surface area contributed by atoms with Crippen molar-refractivity contribution in [3.8, 4) is 0 Å². The zero-order valence-corrected chi connectivity index (χ0v) is 10.7. The molecule has 0 radical (unpaired) electrons. The molecule has 1 aromatic heterocycles. The molecule has 0 aliphatic carbocycles. The minimum absolute atomic E-state index is 0.167. The summed E-state index contributed by atoms with van der Waals surface area (Å²) in [5.74, 6) is 1.84. The topological polar surface area (TPSA) is 42.2 Å². The Labute approximate surface area is 101 Å². The summed E-state index contributed by atoms with van der Waals surface area (Å²) in [5, 5.41) is 2.82. The van der Waals surface area contributed by atoms with Crippen molar-refractivity contribution in [3.63, 3.8) is 0 Å². The van der Waals surface area contributed by atoms with Crippen molar-refractivity contribution in [1.29, 1.82) is 0 Å². The molecule has 0 spiro atoms. The van der Waals surface area contributed by atoms with E-state index in [1.54, 1.807) is 6.07 Å². The van der Waals surface area contributed by atoms with Crippen molar-refractivity contribution in [2.75, 3.05) is 6.54 Å². The molecule has 1 aromatic rings. The maximum atomic E-state index is 11.7. The molecule has 3 nitrogen and oxygen atoms in total. The third-order valence-corrected chi connectivity index (χ3v) is 2.68. The number of hydrogen-bond acceptors (Lipinski definition) is 2. The summed E-state index contributed by atoms with van der Waals surface area (Å²) in [6.45, 7) is 6.72. The van der Waals surface area contributed by atoms with Gasteiger partial charge in [-0.05, 0) is 25.3 Å². The number of amides is 1. The lowest BCUT2D eigenvalue weighted by Crippen LogP contribution is -2.24. The first kappa shape index (κ1) is 13.1. The second-order valence-electron chi connectivity index (χ2n) is 4.26. The van der Waals surface area contributed by atoms with Crippen LogP contribution in [0.4, 0.5) is 0 Å². The number of nitrogens with one attached hydrogen (secondary N) is 1. The van der Waals surface area contributed by atoms with Crippen LogP contribution in [0.5, 0.6) is 0 Å². The van der Waals surface area contributed by atoms with Crippen molar-refractivity contribution in [3.05, 3.63) is 23.2 Å². The number of halogens is 1. The first-order valence-corrected chi connectivity index (χ1v) is 6.01. The summed E-state index contributed by atoms with van der Waals surface area (Å²) >= 11 is 5.70. The van der Waals surface area contributed by atoms with E-state index in [9.17, 15) is 4.79 Å². The quantitative estimate of drug-likeness (QED) is 0.808. The van der Waals surface area contributed by atoms with Gasteiger partial charge < -0.3 is 9.73 Å². The highest BCUT2D eigenvalue weighted by Crippen LogP contribution is 2.16. The highest BCUT2D eigenvalue weighted by molar-refractivity contribution is 6.17. The van der Waals surface area contributed by atoms with Crippen molar-refractivity contribution < 1.29 is 9.21 Å². The second-order valence-corrected chi connectivity index (χ2v) is 4.53. The number of carbonyl (C=O) groups excluding carboxylic acids is 1. The smallest absolute Gasteiger partial charge is 0.287 e. The second kappa shape index (κ2) is 5.94. The van der Waals surface area contributed by atoms with Crippen LogP contribution in [0.1, 0.15) is 42.1 Å². The lowest BCUT2D eigenvalue weighted by molar-refractivity contribution is 0.0923. The summed E-state index contributed by atoms with van der Waals surface area (Å²) in [4.78, 5) is 11.7. The third kappa shape index (κ3) is 3.56. The van der Waals surface area contributed by atoms with Gasteiger partial charge in [-0.2, -0.15) is 0 Å². The minimum atomic E-state index is -0.167. The van der Waals surface area contributed by atoms with E-state index in [2.05, 4.69) is 19.2 Å². The molecule has 4 heteroatoms. The van der Waals surface area contributed by atoms with Crippen molar-refractivity contribution in [2.45, 2.75) is 33.1 Å². The molecule has 16 heavy (non-hydrogen) atoms. The molecule has 90 valence electrons. The Morgan fingerprint density at radius 3 is 2.75 bits per heavy atom. The van der Waals surface area contributed by atoms with Crippen LogP contribution in [0.15, 0.2) is 10.5 Å². The fourth-order valence-corrected chi connectivity index (χ4v) is 1.59. The number of aryl methyl sites for hydroxylation is 1. The number of carbonyl (C=O) groups is 1. The maximum absolute atomic E-state index is 11.7. The van der Waals surface area contributed by atoms with E-state index in [1.807, 2.05) is 6.92 Å². The SMILES string of the molecule is Cc1oc(C(=O)NCCC(C)C)cc1CCl. The standard InChI is InChI=1S/C12H18ClNO2/c1-8(2)4-5-14-12(15)11-6-10(7-13)9(3)16-11/h6,8H,4-5,7H2,1-3H3,(H,14,15). The van der Waals surface area contributed by atoms with Crippen LogP contribution in [-0.2, 0) is 5.88 Å². The van der Waals surface area contributed by atoms with Gasteiger partial charge in [-0.1, -0.05) is 13.8 Å². The van der Waals surface area contributed by atoms with Gasteiger partial charge >= 0.3 is 0 Å². The fraction of sp³-hybridized carbons (Fsp3) is 0.583. The van der Waals surface area contributed by atoms with Gasteiger partial charge in [0.25, 0.3) is 5.91 Å². The summed E-state index contributed by atoms with van der Waals surface area (Å²) in [6.07, 6.45) is 0.966. The van der Waals surface area contributed by atoms with Crippen molar-refractivity contribution >= 4 is 17.5 Å². The fourth-order valence-electron chi connectivity index (χ4n) is 1.33. The van der Waals surface area contributed by atoms with Gasteiger partial charge in [0.05, 0.1) is 5.88 Å². The van der Waals surface area contributed by atoms with Crippen LogP contribution in [0.2, 0.25) is 0 Å². The van der Waals surface area contributed by atoms with Crippen LogP contribution in [0.25, 0.3) is 0 Å². The molecule has 0 bridgehead atoms. The maximum Gasteiger partial charge on any atom is 0.287 e. The van der Waals surface area contributed by atoms with E-state index >= 15 is 0 Å². The molecular weight excluding hydrogens is 226 g/mol. The summed E-state index contributed by atoms with van der Waals surface area (Å²) in [7, 11) is 0. The molecule has 0 saturated heterocycles. The first-order chi connectivity index (χ1) is 7.54. The summed E-state index contributed by atoms with van der Waals surface area (Å²) in [6, 6.07) is 1.70. The Hall–Kier alpha value is -0.960. The predicted octanol–water partition coefficient (Wildman–Crippen LogP) is 3.10. The van der Waals surface area contributed by atoms with E-state index in [4.69, 9.17) is 16.0 Å². The molecule has 1 rings (SSSR count). The lowest BCUT2D eigenvalue weighted by Gasteiger charge is -2.05. The molecule has 0 aliphatic rings. The van der Waals surface area contributed by atoms with E-state index in [0.29, 0.717) is 29.9 Å². The van der Waals surface area contributed by atoms with Crippen molar-refractivity contribution in [1.82, 2.24) is 5.32 Å². The minimum Gasteiger partial charge on any atom is -0.456 e. The Bertz CT molecular complexity index is 358. The highest BCUT2D eigenvalue weighted by atomic mass is 35.5. The molecule has 0 atom stereocenters. The average molecular weight is 244 g/mol. The highest BCUT2D eigenvalue weighted by Gasteiger charge is 2.13. The average Bonchev–Trinajstić information content (AvgIpc) is 2.59. The zero-order valence-electron chi connectivity index (χ0n) is 9.97. The monoisotopic (exact) mass is 243 g/mol. The van der Waals surface area contributed by atoms with Crippen LogP contribution >= 0.6 is 11.6 Å². The van der Waals surface area contributed by atoms with E-state index in [-0.39, 0.29) is 5.91 Å². The lowest BCUT2D eigenvalue weighted by atomic mass is 10.1. The molecule has 0 aliphatic heterocycles. The Kier molecular flexibility index (Phi) is 4.87. The van der Waals surface area contributed by atoms with Gasteiger partial charge in [0.1, 0.15) is 5.76 Å². The number of furan rings is 1. The van der Waals surface area contributed by atoms with Crippen LogP contribution in [-0.4, -0.2) is 12.5 Å². The molecule has 0 saturated carbocycles. The van der Waals surface area contributed by atoms with E-state index in [1.165, 1.54) is 0 Å². The van der Waals surface area contributed by atoms with Gasteiger partial charge in [0, 0.05) is 12.1 Å². The van der Waals surface area contributed by atoms with Crippen LogP contribution in [0, 0.1) is 12.8 Å². The number of hydrogen-bond donors (Lipinski definition) is 1. The van der Waals surface area contributed by atoms with Gasteiger partial charge in [0.15, 0.2) is 5.76 Å². The molecule has 0 unspecified atom stereocenters. The summed E-state index contributed by atoms with van der Waals surface area (Å²) < 4.78 is 5.33. The van der Waals surface area contributed by atoms with E-state index < -0.39 is 0 Å². The summed E-state index contributed by atoms with van der Waals surface area (Å²) in [5.41, 5.74) is 0.871. The van der Waals surface area contributed by atoms with E-state index in [0.717, 1.165) is 12.0 Å². The molecule has 0 aromatic carbocycles. The van der Waals surface area contributed by atoms with Gasteiger partial charge in [-0.25, -0.2) is 0 Å². The number of alkyl halides is 1. The molecular formula is C12H18ClNO2. The zero-order chi connectivity index (χ0) is 12.1. The molecule has 1 amide bonds. The Morgan fingerprint density at radius 2 is 2.25 bits per heavy atom. The first-order valence-electron chi connectivity index (χ1n) is 5.48. The van der Waals surface area contributed by atoms with Crippen molar-refractivity contribution in [2.24, 2.45) is 5.92 Å². The molecule has 1 N–H and O–H groups in total. The third-order valence-electron chi connectivity index (χ3n) is 2.40. The largest absolute Gasteiger partial charge is 0.456 e. The van der Waals surface area contributed by atoms with Crippen LogP contribution < -0.4 is 5.32 Å². The number of rotatable bonds is 5. The van der Waals surface area contributed by atoms with Gasteiger partial charge in [-0.3, -0.25) is 4.79 Å². The predicted molar refractivity (Wildman–Crippen MR) is 64.8 cm³/mol. The van der Waals surface area contributed by atoms with Crippen LogP contribution in [0.3, 0.4) is 0 Å². The normalized spacial score (nSPS) is 10.8. The molecule has 0 fully saturated rings. The van der Waals surface area contributed by atoms with Gasteiger partial charge in [0.2, 0.25) is 0 Å².